The number of nitrogens with one attached hydrogen (secondary N) is 3. The first kappa shape index (κ1) is 27.9. The number of carbonyl (C=O) groups is 4. The molecule has 11 heteroatoms. The van der Waals surface area contributed by atoms with Crippen molar-refractivity contribution in [1.29, 1.82) is 0 Å². The highest BCUT2D eigenvalue weighted by Crippen LogP contribution is 2.22. The molecular formula is C26H35N5O6. The van der Waals surface area contributed by atoms with Gasteiger partial charge in [0.15, 0.2) is 0 Å². The average Bonchev–Trinajstić information content (AvgIpc) is 3.31. The molecule has 11 nitrogen and oxygen atoms in total. The van der Waals surface area contributed by atoms with Gasteiger partial charge in [-0.15, -0.1) is 0 Å². The number of anilines is 1. The monoisotopic (exact) mass is 513 g/mol. The zero-order chi connectivity index (χ0) is 27.4. The third-order valence-corrected chi connectivity index (χ3v) is 6.45. The second kappa shape index (κ2) is 11.5. The molecule has 1 aromatic carbocycles. The molecule has 3 rings (SSSR count). The number of nitrogens with two attached hydrogens (primary N) is 1. The Bertz CT molecular complexity index is 1250. The third-order valence-electron chi connectivity index (χ3n) is 6.45. The molecule has 200 valence electrons. The predicted molar refractivity (Wildman–Crippen MR) is 139 cm³/mol. The minimum atomic E-state index is -0.875. The summed E-state index contributed by atoms with van der Waals surface area (Å²) in [7, 11) is 0. The number of amides is 4. The van der Waals surface area contributed by atoms with Crippen molar-refractivity contribution >= 4 is 40.3 Å². The highest BCUT2D eigenvalue weighted by Gasteiger charge is 2.38. The van der Waals surface area contributed by atoms with E-state index in [-0.39, 0.29) is 11.8 Å². The first-order valence-corrected chi connectivity index (χ1v) is 12.4. The number of rotatable bonds is 8. The number of aryl methyl sites for hydroxylation is 1. The molecule has 37 heavy (non-hydrogen) atoms. The molecule has 4 amide bonds. The number of nitrogens with zero attached hydrogens (tertiary/aromatic N) is 1. The number of hydrogen-bond acceptors (Lipinski definition) is 7. The number of fused-ring (bicyclic) bond motifs is 1. The van der Waals surface area contributed by atoms with E-state index in [1.54, 1.807) is 45.9 Å². The zero-order valence-corrected chi connectivity index (χ0v) is 21.8. The molecule has 2 heterocycles. The molecule has 0 radical (unpaired) electrons. The van der Waals surface area contributed by atoms with Crippen LogP contribution >= 0.6 is 0 Å². The van der Waals surface area contributed by atoms with E-state index in [1.807, 2.05) is 0 Å². The van der Waals surface area contributed by atoms with Crippen LogP contribution in [0.25, 0.3) is 11.0 Å². The molecule has 4 atom stereocenters. The van der Waals surface area contributed by atoms with Crippen molar-refractivity contribution in [3.8, 4) is 0 Å². The number of likely N-dealkylation sites (tertiary alicyclic amines) is 1. The number of carbonyl (C=O) groups excluding carboxylic acids is 4. The maximum atomic E-state index is 13.2. The van der Waals surface area contributed by atoms with Crippen LogP contribution in [0.1, 0.15) is 46.1 Å². The van der Waals surface area contributed by atoms with Gasteiger partial charge in [-0.25, -0.2) is 4.79 Å². The van der Waals surface area contributed by atoms with Gasteiger partial charge < -0.3 is 31.0 Å². The Morgan fingerprint density at radius 2 is 1.76 bits per heavy atom. The van der Waals surface area contributed by atoms with Crippen LogP contribution in [0.3, 0.4) is 0 Å². The molecule has 1 fully saturated rings. The maximum Gasteiger partial charge on any atom is 0.336 e. The summed E-state index contributed by atoms with van der Waals surface area (Å²) in [6.45, 7) is 8.84. The standard InChI is InChI=1S/C26H35N5O6/c1-13(2)22(25(35)29-17-8-9-18-14(3)11-21(32)37-20(18)12-17)30-24(34)19-7-6-10-31(19)26(36)16(5)28-23(33)15(4)27/h8-9,11-13,15-16,19,22H,6-7,10,27H2,1-5H3,(H,28,33)(H,29,35)(H,30,34)/t15-,16-,19-,22-/m0/s1. The van der Waals surface area contributed by atoms with Crippen LogP contribution in [0.2, 0.25) is 0 Å². The third kappa shape index (κ3) is 6.53. The van der Waals surface area contributed by atoms with Crippen molar-refractivity contribution in [3.63, 3.8) is 0 Å². The van der Waals surface area contributed by atoms with E-state index in [4.69, 9.17) is 10.2 Å². The summed E-state index contributed by atoms with van der Waals surface area (Å²) >= 11 is 0. The SMILES string of the molecule is Cc1cc(=O)oc2cc(NC(=O)[C@@H](NC(=O)[C@@H]3CCCN3C(=O)[C@H](C)NC(=O)[C@H](C)N)C(C)C)ccc12. The first-order valence-electron chi connectivity index (χ1n) is 12.4. The van der Waals surface area contributed by atoms with Crippen LogP contribution in [0.15, 0.2) is 33.5 Å². The van der Waals surface area contributed by atoms with Gasteiger partial charge in [-0.3, -0.25) is 19.2 Å². The highest BCUT2D eigenvalue weighted by atomic mass is 16.4. The van der Waals surface area contributed by atoms with Crippen LogP contribution < -0.4 is 27.3 Å². The molecule has 1 saturated heterocycles. The summed E-state index contributed by atoms with van der Waals surface area (Å²) in [6.07, 6.45) is 1.07. The van der Waals surface area contributed by atoms with E-state index in [0.717, 1.165) is 10.9 Å². The van der Waals surface area contributed by atoms with Crippen molar-refractivity contribution in [2.45, 2.75) is 71.6 Å². The Hall–Kier alpha value is -3.73. The molecule has 0 bridgehead atoms. The molecule has 0 unspecified atom stereocenters. The Kier molecular flexibility index (Phi) is 8.69. The fourth-order valence-electron chi connectivity index (χ4n) is 4.37. The zero-order valence-electron chi connectivity index (χ0n) is 21.8. The summed E-state index contributed by atoms with van der Waals surface area (Å²) in [5.41, 5.74) is 6.61. The minimum Gasteiger partial charge on any atom is -0.423 e. The summed E-state index contributed by atoms with van der Waals surface area (Å²) < 4.78 is 5.25. The fraction of sp³-hybridized carbons (Fsp3) is 0.500. The van der Waals surface area contributed by atoms with Gasteiger partial charge in [-0.1, -0.05) is 13.8 Å². The minimum absolute atomic E-state index is 0.251. The summed E-state index contributed by atoms with van der Waals surface area (Å²) in [5.74, 6) is -1.97. The van der Waals surface area contributed by atoms with Crippen LogP contribution in [-0.4, -0.2) is 59.2 Å². The Labute approximate surface area is 215 Å². The van der Waals surface area contributed by atoms with Gasteiger partial charge in [0.1, 0.15) is 23.7 Å². The second-order valence-electron chi connectivity index (χ2n) is 9.89. The molecule has 1 aromatic heterocycles. The van der Waals surface area contributed by atoms with E-state index < -0.39 is 47.5 Å². The number of benzene rings is 1. The summed E-state index contributed by atoms with van der Waals surface area (Å²) in [4.78, 5) is 64.3. The van der Waals surface area contributed by atoms with Gasteiger partial charge >= 0.3 is 5.63 Å². The first-order chi connectivity index (χ1) is 17.4. The van der Waals surface area contributed by atoms with Crippen molar-refractivity contribution in [3.05, 3.63) is 40.2 Å². The van der Waals surface area contributed by atoms with E-state index in [2.05, 4.69) is 16.0 Å². The van der Waals surface area contributed by atoms with Gasteiger partial charge in [0.05, 0.1) is 6.04 Å². The van der Waals surface area contributed by atoms with E-state index in [1.165, 1.54) is 17.9 Å². The van der Waals surface area contributed by atoms with Gasteiger partial charge in [0.2, 0.25) is 23.6 Å². The van der Waals surface area contributed by atoms with Crippen LogP contribution in [0.5, 0.6) is 0 Å². The van der Waals surface area contributed by atoms with E-state index >= 15 is 0 Å². The highest BCUT2D eigenvalue weighted by molar-refractivity contribution is 6.00. The van der Waals surface area contributed by atoms with Crippen LogP contribution in [0, 0.1) is 12.8 Å². The summed E-state index contributed by atoms with van der Waals surface area (Å²) in [5, 5.41) is 8.88. The lowest BCUT2D eigenvalue weighted by Gasteiger charge is -2.29. The van der Waals surface area contributed by atoms with Gasteiger partial charge in [-0.2, -0.15) is 0 Å². The van der Waals surface area contributed by atoms with E-state index in [0.29, 0.717) is 30.7 Å². The molecular weight excluding hydrogens is 478 g/mol. The van der Waals surface area contributed by atoms with Crippen molar-refractivity contribution in [2.75, 3.05) is 11.9 Å². The lowest BCUT2D eigenvalue weighted by Crippen LogP contribution is -2.56. The summed E-state index contributed by atoms with van der Waals surface area (Å²) in [6, 6.07) is 3.18. The van der Waals surface area contributed by atoms with Crippen molar-refractivity contribution < 1.29 is 23.6 Å². The lowest BCUT2D eigenvalue weighted by molar-refractivity contribution is -0.141. The smallest absolute Gasteiger partial charge is 0.336 e. The van der Waals surface area contributed by atoms with Crippen molar-refractivity contribution in [1.82, 2.24) is 15.5 Å². The topological polar surface area (TPSA) is 164 Å². The lowest BCUT2D eigenvalue weighted by atomic mass is 10.0. The largest absolute Gasteiger partial charge is 0.423 e. The molecule has 0 spiro atoms. The normalized spacial score (nSPS) is 17.8. The van der Waals surface area contributed by atoms with E-state index in [9.17, 15) is 24.0 Å². The van der Waals surface area contributed by atoms with Crippen LogP contribution in [0.4, 0.5) is 5.69 Å². The number of hydrogen-bond donors (Lipinski definition) is 4. The molecule has 5 N–H and O–H groups in total. The molecule has 1 aliphatic rings. The average molecular weight is 514 g/mol. The molecule has 1 aliphatic heterocycles. The Balaban J connectivity index is 1.70. The molecule has 0 aliphatic carbocycles. The Morgan fingerprint density at radius 3 is 2.41 bits per heavy atom. The van der Waals surface area contributed by atoms with Gasteiger partial charge in [0.25, 0.3) is 0 Å². The second-order valence-corrected chi connectivity index (χ2v) is 9.89. The predicted octanol–water partition coefficient (Wildman–Crippen LogP) is 1.02. The van der Waals surface area contributed by atoms with Gasteiger partial charge in [-0.05, 0) is 57.2 Å². The van der Waals surface area contributed by atoms with Gasteiger partial charge in [0, 0.05) is 29.8 Å². The quantitative estimate of drug-likeness (QED) is 0.383. The Morgan fingerprint density at radius 1 is 1.05 bits per heavy atom. The van der Waals surface area contributed by atoms with Crippen molar-refractivity contribution in [2.24, 2.45) is 11.7 Å². The fourth-order valence-corrected chi connectivity index (χ4v) is 4.37. The molecule has 0 saturated carbocycles. The molecule has 2 aromatic rings. The van der Waals surface area contributed by atoms with Crippen LogP contribution in [-0.2, 0) is 19.2 Å². The maximum absolute atomic E-state index is 13.2.